The summed E-state index contributed by atoms with van der Waals surface area (Å²) in [6.45, 7) is 0. The van der Waals surface area contributed by atoms with Crippen LogP contribution in [0, 0.1) is 10.1 Å². The first-order valence-electron chi connectivity index (χ1n) is 5.77. The zero-order valence-corrected chi connectivity index (χ0v) is 12.5. The third kappa shape index (κ3) is 3.34. The van der Waals surface area contributed by atoms with Crippen LogP contribution in [0.15, 0.2) is 41.0 Å². The maximum Gasteiger partial charge on any atom is 0.311 e. The van der Waals surface area contributed by atoms with Crippen molar-refractivity contribution in [2.45, 2.75) is 0 Å². The van der Waals surface area contributed by atoms with Gasteiger partial charge in [0, 0.05) is 17.8 Å². The fraction of sp³-hybridized carbons (Fsp3) is 0.0769. The normalized spacial score (nSPS) is 10.0. The van der Waals surface area contributed by atoms with Crippen LogP contribution in [-0.2, 0) is 0 Å². The number of nitrogens with zero attached hydrogens (tertiary/aromatic N) is 2. The predicted octanol–water partition coefficient (Wildman–Crippen LogP) is 3.01. The number of nitrogens with one attached hydrogen (secondary N) is 1. The Morgan fingerprint density at radius 1 is 1.43 bits per heavy atom. The molecule has 2 aromatic rings. The Kier molecular flexibility index (Phi) is 4.49. The van der Waals surface area contributed by atoms with Crippen LogP contribution in [0.2, 0.25) is 0 Å². The second kappa shape index (κ2) is 6.31. The zero-order valence-electron chi connectivity index (χ0n) is 10.9. The zero-order chi connectivity index (χ0) is 15.4. The van der Waals surface area contributed by atoms with E-state index in [4.69, 9.17) is 4.74 Å². The highest BCUT2D eigenvalue weighted by molar-refractivity contribution is 9.10. The van der Waals surface area contributed by atoms with Crippen LogP contribution in [0.5, 0.6) is 5.75 Å². The van der Waals surface area contributed by atoms with Crippen LogP contribution in [0.3, 0.4) is 0 Å². The summed E-state index contributed by atoms with van der Waals surface area (Å²) >= 11 is 3.25. The van der Waals surface area contributed by atoms with Gasteiger partial charge in [0.1, 0.15) is 5.82 Å². The monoisotopic (exact) mass is 351 g/mol. The van der Waals surface area contributed by atoms with E-state index in [1.54, 1.807) is 12.1 Å². The van der Waals surface area contributed by atoms with Crippen LogP contribution >= 0.6 is 15.9 Å². The van der Waals surface area contributed by atoms with E-state index in [2.05, 4.69) is 26.2 Å². The lowest BCUT2D eigenvalue weighted by Gasteiger charge is -2.07. The Labute approximate surface area is 128 Å². The van der Waals surface area contributed by atoms with Crippen molar-refractivity contribution < 1.29 is 14.5 Å². The second-order valence-corrected chi connectivity index (χ2v) is 4.79. The smallest absolute Gasteiger partial charge is 0.311 e. The van der Waals surface area contributed by atoms with Gasteiger partial charge < -0.3 is 10.1 Å². The Hall–Kier alpha value is -2.48. The number of hydrogen-bond acceptors (Lipinski definition) is 5. The number of nitro benzene ring substituents is 1. The number of amides is 1. The van der Waals surface area contributed by atoms with Gasteiger partial charge in [-0.1, -0.05) is 0 Å². The maximum absolute atomic E-state index is 12.1. The fourth-order valence-corrected chi connectivity index (χ4v) is 1.99. The van der Waals surface area contributed by atoms with Crippen LogP contribution in [-0.4, -0.2) is 22.9 Å². The number of anilines is 1. The molecule has 0 saturated heterocycles. The average Bonchev–Trinajstić information content (AvgIpc) is 2.48. The molecule has 7 nitrogen and oxygen atoms in total. The minimum absolute atomic E-state index is 0.0931. The largest absolute Gasteiger partial charge is 0.490 e. The van der Waals surface area contributed by atoms with E-state index in [9.17, 15) is 14.9 Å². The number of carbonyl (C=O) groups excluding carboxylic acids is 1. The first-order valence-corrected chi connectivity index (χ1v) is 6.56. The summed E-state index contributed by atoms with van der Waals surface area (Å²) < 4.78 is 5.50. The molecule has 0 atom stereocenters. The summed E-state index contributed by atoms with van der Waals surface area (Å²) in [4.78, 5) is 26.4. The lowest BCUT2D eigenvalue weighted by molar-refractivity contribution is -0.385. The lowest BCUT2D eigenvalue weighted by atomic mass is 10.1. The molecule has 1 heterocycles. The summed E-state index contributed by atoms with van der Waals surface area (Å²) in [5.41, 5.74) is -0.134. The molecule has 8 heteroatoms. The maximum atomic E-state index is 12.1. The van der Waals surface area contributed by atoms with Crippen molar-refractivity contribution in [2.24, 2.45) is 0 Å². The Morgan fingerprint density at radius 3 is 2.81 bits per heavy atom. The van der Waals surface area contributed by atoms with Gasteiger partial charge in [-0.3, -0.25) is 14.9 Å². The number of halogens is 1. The predicted molar refractivity (Wildman–Crippen MR) is 79.5 cm³/mol. The number of nitro groups is 1. The molecule has 0 aliphatic rings. The number of carbonyl (C=O) groups is 1. The fourth-order valence-electron chi connectivity index (χ4n) is 1.63. The van der Waals surface area contributed by atoms with Crippen molar-refractivity contribution >= 4 is 33.3 Å². The third-order valence-corrected chi connectivity index (χ3v) is 3.27. The molecule has 2 rings (SSSR count). The minimum Gasteiger partial charge on any atom is -0.490 e. The Morgan fingerprint density at radius 2 is 2.19 bits per heavy atom. The standard InChI is InChI=1S/C13H10BrN3O4/c1-21-11-5-4-8(7-10(11)17(19)20)13(18)16-12-9(14)3-2-6-15-12/h2-7H,1H3,(H,15,16,18). The summed E-state index contributed by atoms with van der Waals surface area (Å²) in [5.74, 6) is -0.0725. The van der Waals surface area contributed by atoms with Crippen molar-refractivity contribution in [3.8, 4) is 5.75 Å². The molecule has 1 amide bonds. The molecule has 1 N–H and O–H groups in total. The summed E-state index contributed by atoms with van der Waals surface area (Å²) in [6.07, 6.45) is 1.52. The van der Waals surface area contributed by atoms with Gasteiger partial charge >= 0.3 is 5.69 Å². The molecule has 0 radical (unpaired) electrons. The van der Waals surface area contributed by atoms with E-state index in [1.165, 1.54) is 25.4 Å². The summed E-state index contributed by atoms with van der Waals surface area (Å²) in [6, 6.07) is 7.40. The van der Waals surface area contributed by atoms with Gasteiger partial charge in [-0.15, -0.1) is 0 Å². The van der Waals surface area contributed by atoms with Gasteiger partial charge in [0.2, 0.25) is 0 Å². The number of methoxy groups -OCH3 is 1. The molecule has 0 bridgehead atoms. The van der Waals surface area contributed by atoms with E-state index < -0.39 is 10.8 Å². The van der Waals surface area contributed by atoms with Crippen molar-refractivity contribution in [2.75, 3.05) is 12.4 Å². The van der Waals surface area contributed by atoms with Crippen LogP contribution in [0.25, 0.3) is 0 Å². The van der Waals surface area contributed by atoms with E-state index >= 15 is 0 Å². The first-order chi connectivity index (χ1) is 10.0. The molecule has 0 aliphatic heterocycles. The molecule has 0 aliphatic carbocycles. The molecule has 0 unspecified atom stereocenters. The van der Waals surface area contributed by atoms with Crippen molar-refractivity contribution in [1.82, 2.24) is 4.98 Å². The summed E-state index contributed by atoms with van der Waals surface area (Å²) in [7, 11) is 1.33. The molecular weight excluding hydrogens is 342 g/mol. The first kappa shape index (κ1) is 14.9. The van der Waals surface area contributed by atoms with Crippen molar-refractivity contribution in [3.63, 3.8) is 0 Å². The number of pyridine rings is 1. The molecule has 1 aromatic heterocycles. The quantitative estimate of drug-likeness (QED) is 0.674. The number of aromatic nitrogens is 1. The van der Waals surface area contributed by atoms with E-state index in [0.29, 0.717) is 10.3 Å². The van der Waals surface area contributed by atoms with Crippen LogP contribution < -0.4 is 10.1 Å². The SMILES string of the molecule is COc1ccc(C(=O)Nc2ncccc2Br)cc1[N+](=O)[O-]. The minimum atomic E-state index is -0.605. The van der Waals surface area contributed by atoms with Gasteiger partial charge in [0.25, 0.3) is 5.91 Å². The highest BCUT2D eigenvalue weighted by Crippen LogP contribution is 2.28. The van der Waals surface area contributed by atoms with Gasteiger partial charge in [-0.2, -0.15) is 0 Å². The highest BCUT2D eigenvalue weighted by Gasteiger charge is 2.18. The Balaban J connectivity index is 2.30. The number of ether oxygens (including phenoxy) is 1. The van der Waals surface area contributed by atoms with Crippen LogP contribution in [0.1, 0.15) is 10.4 Å². The van der Waals surface area contributed by atoms with Crippen molar-refractivity contribution in [1.29, 1.82) is 0 Å². The molecule has 21 heavy (non-hydrogen) atoms. The Bertz CT molecular complexity index is 706. The third-order valence-electron chi connectivity index (χ3n) is 2.63. The summed E-state index contributed by atoms with van der Waals surface area (Å²) in [5, 5.41) is 13.5. The van der Waals surface area contributed by atoms with Gasteiger partial charge in [-0.05, 0) is 40.2 Å². The lowest BCUT2D eigenvalue weighted by Crippen LogP contribution is -2.13. The number of rotatable bonds is 4. The second-order valence-electron chi connectivity index (χ2n) is 3.93. The van der Waals surface area contributed by atoms with Gasteiger partial charge in [-0.25, -0.2) is 4.98 Å². The van der Waals surface area contributed by atoms with Gasteiger partial charge in [0.05, 0.1) is 16.5 Å². The van der Waals surface area contributed by atoms with Gasteiger partial charge in [0.15, 0.2) is 5.75 Å². The number of benzene rings is 1. The molecular formula is C13H10BrN3O4. The molecule has 0 spiro atoms. The van der Waals surface area contributed by atoms with E-state index in [0.717, 1.165) is 6.07 Å². The molecule has 108 valence electrons. The van der Waals surface area contributed by atoms with Crippen LogP contribution in [0.4, 0.5) is 11.5 Å². The molecule has 0 saturated carbocycles. The molecule has 0 fully saturated rings. The average molecular weight is 352 g/mol. The highest BCUT2D eigenvalue weighted by atomic mass is 79.9. The topological polar surface area (TPSA) is 94.4 Å². The van der Waals surface area contributed by atoms with E-state index in [1.807, 2.05) is 0 Å². The number of hydrogen-bond donors (Lipinski definition) is 1. The molecule has 1 aromatic carbocycles. The van der Waals surface area contributed by atoms with Crippen molar-refractivity contribution in [3.05, 3.63) is 56.7 Å². The van der Waals surface area contributed by atoms with E-state index in [-0.39, 0.29) is 17.0 Å².